The van der Waals surface area contributed by atoms with Crippen LogP contribution in [0.3, 0.4) is 0 Å². The molecule has 124 valence electrons. The highest BCUT2D eigenvalue weighted by Gasteiger charge is 2.12. The molecule has 0 unspecified atom stereocenters. The van der Waals surface area contributed by atoms with E-state index in [0.717, 1.165) is 0 Å². The van der Waals surface area contributed by atoms with Crippen molar-refractivity contribution in [1.29, 1.82) is 0 Å². The second-order valence-electron chi connectivity index (χ2n) is 4.57. The summed E-state index contributed by atoms with van der Waals surface area (Å²) < 4.78 is 5.10. The standard InChI is InChI=1S/C16H14ClN3O3S/c1-23-13-8-3-2-7-12(13)15(22)19-20-16(24)18-14(21)10-5-4-6-11(17)9-10/h2-9H,1H3,(H,19,22)(H2,18,20,21,24). The van der Waals surface area contributed by atoms with E-state index in [9.17, 15) is 9.59 Å². The molecule has 0 bridgehead atoms. The third-order valence-electron chi connectivity index (χ3n) is 2.96. The Labute approximate surface area is 149 Å². The van der Waals surface area contributed by atoms with E-state index in [2.05, 4.69) is 16.2 Å². The first-order valence-electron chi connectivity index (χ1n) is 6.81. The lowest BCUT2D eigenvalue weighted by Gasteiger charge is -2.12. The molecule has 8 heteroatoms. The van der Waals surface area contributed by atoms with Gasteiger partial charge in [0.25, 0.3) is 11.8 Å². The molecule has 0 atom stereocenters. The molecule has 0 fully saturated rings. The quantitative estimate of drug-likeness (QED) is 0.576. The molecule has 0 saturated heterocycles. The lowest BCUT2D eigenvalue weighted by atomic mass is 10.2. The van der Waals surface area contributed by atoms with Crippen molar-refractivity contribution in [2.24, 2.45) is 0 Å². The number of hydrogen-bond donors (Lipinski definition) is 3. The summed E-state index contributed by atoms with van der Waals surface area (Å²) in [4.78, 5) is 24.1. The molecule has 0 aliphatic carbocycles. The van der Waals surface area contributed by atoms with Crippen LogP contribution in [-0.2, 0) is 0 Å². The third kappa shape index (κ3) is 4.68. The van der Waals surface area contributed by atoms with Crippen molar-refractivity contribution in [3.63, 3.8) is 0 Å². The average molecular weight is 364 g/mol. The Morgan fingerprint density at radius 2 is 1.79 bits per heavy atom. The zero-order chi connectivity index (χ0) is 17.5. The van der Waals surface area contributed by atoms with E-state index in [1.807, 2.05) is 0 Å². The van der Waals surface area contributed by atoms with Crippen LogP contribution in [0.5, 0.6) is 5.75 Å². The molecule has 0 spiro atoms. The Hall–Kier alpha value is -2.64. The van der Waals surface area contributed by atoms with Crippen molar-refractivity contribution in [2.45, 2.75) is 0 Å². The lowest BCUT2D eigenvalue weighted by molar-refractivity contribution is 0.0932. The van der Waals surface area contributed by atoms with Crippen LogP contribution in [0, 0.1) is 0 Å². The maximum atomic E-state index is 12.1. The fraction of sp³-hybridized carbons (Fsp3) is 0.0625. The van der Waals surface area contributed by atoms with Crippen LogP contribution in [0.2, 0.25) is 5.02 Å². The number of carbonyl (C=O) groups excluding carboxylic acids is 2. The summed E-state index contributed by atoms with van der Waals surface area (Å²) in [7, 11) is 1.47. The molecule has 24 heavy (non-hydrogen) atoms. The first-order chi connectivity index (χ1) is 11.5. The molecule has 2 aromatic rings. The molecule has 2 aromatic carbocycles. The number of amides is 2. The van der Waals surface area contributed by atoms with Gasteiger partial charge in [-0.25, -0.2) is 0 Å². The molecule has 0 saturated carbocycles. The van der Waals surface area contributed by atoms with Gasteiger partial charge in [0.15, 0.2) is 5.11 Å². The number of benzene rings is 2. The third-order valence-corrected chi connectivity index (χ3v) is 3.39. The van der Waals surface area contributed by atoms with Gasteiger partial charge in [0.2, 0.25) is 0 Å². The number of nitrogens with one attached hydrogen (secondary N) is 3. The summed E-state index contributed by atoms with van der Waals surface area (Å²) in [6, 6.07) is 13.1. The number of methoxy groups -OCH3 is 1. The number of hydrogen-bond acceptors (Lipinski definition) is 4. The van der Waals surface area contributed by atoms with Crippen molar-refractivity contribution < 1.29 is 14.3 Å². The van der Waals surface area contributed by atoms with Crippen LogP contribution >= 0.6 is 23.8 Å². The van der Waals surface area contributed by atoms with Gasteiger partial charge in [0, 0.05) is 10.6 Å². The minimum absolute atomic E-state index is 0.0526. The fourth-order valence-corrected chi connectivity index (χ4v) is 2.18. The predicted molar refractivity (Wildman–Crippen MR) is 95.1 cm³/mol. The maximum absolute atomic E-state index is 12.1. The number of thiocarbonyl (C=S) groups is 1. The molecule has 3 N–H and O–H groups in total. The zero-order valence-electron chi connectivity index (χ0n) is 12.6. The van der Waals surface area contributed by atoms with E-state index in [-0.39, 0.29) is 5.11 Å². The Morgan fingerprint density at radius 3 is 2.50 bits per heavy atom. The highest BCUT2D eigenvalue weighted by molar-refractivity contribution is 7.80. The van der Waals surface area contributed by atoms with E-state index in [4.69, 9.17) is 28.6 Å². The summed E-state index contributed by atoms with van der Waals surface area (Å²) in [6.45, 7) is 0. The Morgan fingerprint density at radius 1 is 1.04 bits per heavy atom. The van der Waals surface area contributed by atoms with Crippen molar-refractivity contribution in [3.8, 4) is 5.75 Å². The molecule has 0 aliphatic heterocycles. The van der Waals surface area contributed by atoms with Crippen molar-refractivity contribution in [3.05, 3.63) is 64.7 Å². The molecular weight excluding hydrogens is 350 g/mol. The smallest absolute Gasteiger partial charge is 0.273 e. The van der Waals surface area contributed by atoms with Crippen molar-refractivity contribution >= 4 is 40.7 Å². The van der Waals surface area contributed by atoms with Crippen LogP contribution in [0.1, 0.15) is 20.7 Å². The van der Waals surface area contributed by atoms with Gasteiger partial charge in [-0.1, -0.05) is 29.8 Å². The van der Waals surface area contributed by atoms with Gasteiger partial charge in [-0.15, -0.1) is 0 Å². The average Bonchev–Trinajstić information content (AvgIpc) is 2.59. The van der Waals surface area contributed by atoms with Gasteiger partial charge >= 0.3 is 0 Å². The zero-order valence-corrected chi connectivity index (χ0v) is 14.2. The number of halogens is 1. The van der Waals surface area contributed by atoms with E-state index < -0.39 is 11.8 Å². The van der Waals surface area contributed by atoms with Crippen LogP contribution in [0.25, 0.3) is 0 Å². The molecule has 2 amide bonds. The number of rotatable bonds is 3. The van der Waals surface area contributed by atoms with Gasteiger partial charge in [-0.05, 0) is 42.5 Å². The molecule has 2 rings (SSSR count). The molecule has 0 heterocycles. The van der Waals surface area contributed by atoms with E-state index in [0.29, 0.717) is 21.9 Å². The topological polar surface area (TPSA) is 79.5 Å². The summed E-state index contributed by atoms with van der Waals surface area (Å²) >= 11 is 10.8. The highest BCUT2D eigenvalue weighted by Crippen LogP contribution is 2.16. The van der Waals surface area contributed by atoms with E-state index >= 15 is 0 Å². The normalized spacial score (nSPS) is 9.75. The fourth-order valence-electron chi connectivity index (χ4n) is 1.85. The number of para-hydroxylation sites is 1. The summed E-state index contributed by atoms with van der Waals surface area (Å²) in [5.74, 6) is -0.473. The summed E-state index contributed by atoms with van der Waals surface area (Å²) in [5.41, 5.74) is 5.53. The molecule has 0 aliphatic rings. The largest absolute Gasteiger partial charge is 0.496 e. The van der Waals surface area contributed by atoms with Crippen LogP contribution in [0.4, 0.5) is 0 Å². The van der Waals surface area contributed by atoms with Crippen LogP contribution < -0.4 is 20.9 Å². The first kappa shape index (κ1) is 17.7. The Kier molecular flexibility index (Phi) is 6.11. The van der Waals surface area contributed by atoms with Crippen molar-refractivity contribution in [1.82, 2.24) is 16.2 Å². The number of carbonyl (C=O) groups is 2. The van der Waals surface area contributed by atoms with E-state index in [1.54, 1.807) is 42.5 Å². The van der Waals surface area contributed by atoms with Crippen LogP contribution in [-0.4, -0.2) is 24.0 Å². The van der Waals surface area contributed by atoms with Crippen LogP contribution in [0.15, 0.2) is 48.5 Å². The maximum Gasteiger partial charge on any atom is 0.273 e. The SMILES string of the molecule is COc1ccccc1C(=O)NNC(=S)NC(=O)c1cccc(Cl)c1. The van der Waals surface area contributed by atoms with Gasteiger partial charge in [0.05, 0.1) is 12.7 Å². The predicted octanol–water partition coefficient (Wildman–Crippen LogP) is 2.30. The number of ether oxygens (including phenoxy) is 1. The summed E-state index contributed by atoms with van der Waals surface area (Å²) in [5, 5.41) is 2.82. The molecule has 0 aromatic heterocycles. The van der Waals surface area contributed by atoms with Gasteiger partial charge in [0.1, 0.15) is 5.75 Å². The lowest BCUT2D eigenvalue weighted by Crippen LogP contribution is -2.48. The second kappa shape index (κ2) is 8.28. The molecule has 6 nitrogen and oxygen atoms in total. The van der Waals surface area contributed by atoms with E-state index in [1.165, 1.54) is 13.2 Å². The van der Waals surface area contributed by atoms with Crippen molar-refractivity contribution in [2.75, 3.05) is 7.11 Å². The Bertz CT molecular complexity index is 783. The summed E-state index contributed by atoms with van der Waals surface area (Å²) in [6.07, 6.45) is 0. The Balaban J connectivity index is 1.91. The molecular formula is C16H14ClN3O3S. The second-order valence-corrected chi connectivity index (χ2v) is 5.42. The minimum Gasteiger partial charge on any atom is -0.496 e. The van der Waals surface area contributed by atoms with Gasteiger partial charge in [-0.2, -0.15) is 0 Å². The first-order valence-corrected chi connectivity index (χ1v) is 7.60. The number of hydrazine groups is 1. The van der Waals surface area contributed by atoms with Gasteiger partial charge < -0.3 is 4.74 Å². The molecule has 0 radical (unpaired) electrons. The van der Waals surface area contributed by atoms with Gasteiger partial charge in [-0.3, -0.25) is 25.8 Å². The monoisotopic (exact) mass is 363 g/mol. The minimum atomic E-state index is -0.452. The highest BCUT2D eigenvalue weighted by atomic mass is 35.5.